The zero-order valence-electron chi connectivity index (χ0n) is 10.9. The lowest BCUT2D eigenvalue weighted by atomic mass is 10.1. The van der Waals surface area contributed by atoms with Gasteiger partial charge in [0.25, 0.3) is 0 Å². The molecule has 0 aliphatic carbocycles. The van der Waals surface area contributed by atoms with Crippen LogP contribution in [0.15, 0.2) is 48.5 Å². The van der Waals surface area contributed by atoms with Crippen molar-refractivity contribution in [1.82, 2.24) is 0 Å². The highest BCUT2D eigenvalue weighted by Crippen LogP contribution is 2.04. The van der Waals surface area contributed by atoms with Gasteiger partial charge in [-0.05, 0) is 24.3 Å². The summed E-state index contributed by atoms with van der Waals surface area (Å²) in [6.07, 6.45) is 0. The Bertz CT molecular complexity index is 637. The Morgan fingerprint density at radius 2 is 0.667 bits per heavy atom. The van der Waals surface area contributed by atoms with Gasteiger partial charge in [0, 0.05) is 0 Å². The molecule has 100 valence electrons. The summed E-state index contributed by atoms with van der Waals surface area (Å²) < 4.78 is 0. The van der Waals surface area contributed by atoms with Gasteiger partial charge in [-0.25, -0.2) is 0 Å². The predicted molar refractivity (Wildman–Crippen MR) is 82.1 cm³/mol. The van der Waals surface area contributed by atoms with Crippen LogP contribution in [0.25, 0.3) is 0 Å². The average molecular weight is 290 g/mol. The van der Waals surface area contributed by atoms with Gasteiger partial charge in [0.1, 0.15) is 24.3 Å². The van der Waals surface area contributed by atoms with E-state index in [2.05, 4.69) is 0 Å². The normalized spacial score (nSPS) is 7.43. The van der Waals surface area contributed by atoms with Crippen LogP contribution in [0.1, 0.15) is 22.3 Å². The number of benzene rings is 2. The zero-order valence-corrected chi connectivity index (χ0v) is 11.9. The van der Waals surface area contributed by atoms with E-state index in [0.717, 1.165) is 0 Å². The minimum absolute atomic E-state index is 0. The third-order valence-electron chi connectivity index (χ3n) is 2.34. The van der Waals surface area contributed by atoms with E-state index in [4.69, 9.17) is 21.0 Å². The number of nitriles is 4. The van der Waals surface area contributed by atoms with E-state index in [-0.39, 0.29) is 13.5 Å². The van der Waals surface area contributed by atoms with Crippen LogP contribution in [0.5, 0.6) is 0 Å². The van der Waals surface area contributed by atoms with Gasteiger partial charge in [0.15, 0.2) is 0 Å². The van der Waals surface area contributed by atoms with E-state index in [0.29, 0.717) is 22.3 Å². The smallest absolute Gasteiger partial charge is 0.101 e. The van der Waals surface area contributed by atoms with Gasteiger partial charge in [0.05, 0.1) is 22.3 Å². The number of nitrogens with zero attached hydrogens (tertiary/aromatic N) is 4. The van der Waals surface area contributed by atoms with Crippen molar-refractivity contribution in [3.05, 3.63) is 70.8 Å². The molecule has 0 saturated carbocycles. The molecule has 21 heavy (non-hydrogen) atoms. The summed E-state index contributed by atoms with van der Waals surface area (Å²) in [5.41, 5.74) is 1.74. The van der Waals surface area contributed by atoms with Crippen LogP contribution in [0.2, 0.25) is 0 Å². The summed E-state index contributed by atoms with van der Waals surface area (Å²) in [4.78, 5) is 0. The van der Waals surface area contributed by atoms with E-state index >= 15 is 0 Å². The lowest BCUT2D eigenvalue weighted by molar-refractivity contribution is 1.43. The lowest BCUT2D eigenvalue weighted by Gasteiger charge is -1.88. The topological polar surface area (TPSA) is 95.2 Å². The fraction of sp³-hybridized carbons (Fsp3) is 0. The third kappa shape index (κ3) is 5.09. The molecule has 2 aromatic carbocycles. The Kier molecular flexibility index (Phi) is 8.16. The van der Waals surface area contributed by atoms with Crippen molar-refractivity contribution in [2.45, 2.75) is 0 Å². The first kappa shape index (κ1) is 17.8. The maximum atomic E-state index is 8.45. The fourth-order valence-electron chi connectivity index (χ4n) is 1.36. The Morgan fingerprint density at radius 1 is 0.476 bits per heavy atom. The second-order valence-corrected chi connectivity index (χ2v) is 3.54. The Morgan fingerprint density at radius 3 is 0.810 bits per heavy atom. The molecule has 0 radical (unpaired) electrons. The molecule has 0 fully saturated rings. The second kappa shape index (κ2) is 9.65. The van der Waals surface area contributed by atoms with Crippen molar-refractivity contribution in [3.63, 3.8) is 0 Å². The van der Waals surface area contributed by atoms with Gasteiger partial charge in [-0.1, -0.05) is 24.3 Å². The molecule has 0 N–H and O–H groups in total. The third-order valence-corrected chi connectivity index (χ3v) is 2.34. The van der Waals surface area contributed by atoms with Crippen LogP contribution in [0.3, 0.4) is 0 Å². The van der Waals surface area contributed by atoms with Gasteiger partial charge < -0.3 is 0 Å². The monoisotopic (exact) mass is 290 g/mol. The van der Waals surface area contributed by atoms with E-state index in [1.165, 1.54) is 0 Å². The highest BCUT2D eigenvalue weighted by atomic mass is 32.1. The first-order valence-electron chi connectivity index (χ1n) is 5.55. The highest BCUT2D eigenvalue weighted by molar-refractivity contribution is 7.59. The predicted octanol–water partition coefficient (Wildman–Crippen LogP) is 2.97. The molecule has 0 atom stereocenters. The first-order valence-corrected chi connectivity index (χ1v) is 5.55. The Balaban J connectivity index is 0.000000364. The van der Waals surface area contributed by atoms with E-state index < -0.39 is 0 Å². The lowest BCUT2D eigenvalue weighted by Crippen LogP contribution is -1.79. The summed E-state index contributed by atoms with van der Waals surface area (Å²) in [5.74, 6) is 0. The van der Waals surface area contributed by atoms with Crippen molar-refractivity contribution >= 4 is 13.5 Å². The largest absolute Gasteiger partial charge is 0.197 e. The molecular formula is C16H10N4S. The molecule has 0 unspecified atom stereocenters. The maximum Gasteiger partial charge on any atom is 0.101 e. The van der Waals surface area contributed by atoms with Crippen LogP contribution in [0.4, 0.5) is 0 Å². The number of hydrogen-bond donors (Lipinski definition) is 0. The molecule has 0 aliphatic heterocycles. The molecular weight excluding hydrogens is 280 g/mol. The molecule has 2 aromatic rings. The SMILES string of the molecule is N#Cc1ccccc1C#N.N#Cc1ccccc1C#N.S. The van der Waals surface area contributed by atoms with Crippen molar-refractivity contribution in [2.75, 3.05) is 0 Å². The van der Waals surface area contributed by atoms with Crippen molar-refractivity contribution in [2.24, 2.45) is 0 Å². The molecule has 0 aromatic heterocycles. The van der Waals surface area contributed by atoms with Gasteiger partial charge >= 0.3 is 0 Å². The van der Waals surface area contributed by atoms with Crippen molar-refractivity contribution in [1.29, 1.82) is 21.0 Å². The standard InChI is InChI=1S/2C8H4N2.H2S/c2*9-5-7-3-1-2-4-8(7)6-10;/h2*1-4H;1H2. The highest BCUT2D eigenvalue weighted by Gasteiger charge is 1.96. The van der Waals surface area contributed by atoms with Crippen LogP contribution in [-0.2, 0) is 0 Å². The molecule has 0 spiro atoms. The van der Waals surface area contributed by atoms with Crippen molar-refractivity contribution in [3.8, 4) is 24.3 Å². The van der Waals surface area contributed by atoms with E-state index in [1.807, 2.05) is 24.3 Å². The fourth-order valence-corrected chi connectivity index (χ4v) is 1.36. The molecule has 0 saturated heterocycles. The molecule has 0 aliphatic rings. The number of hydrogen-bond acceptors (Lipinski definition) is 4. The zero-order chi connectivity index (χ0) is 14.8. The molecule has 0 bridgehead atoms. The first-order chi connectivity index (χ1) is 9.76. The van der Waals surface area contributed by atoms with E-state index in [1.54, 1.807) is 48.5 Å². The molecule has 4 nitrogen and oxygen atoms in total. The minimum Gasteiger partial charge on any atom is -0.197 e. The summed E-state index contributed by atoms with van der Waals surface area (Å²) in [5, 5.41) is 33.8. The molecule has 5 heteroatoms. The Labute approximate surface area is 130 Å². The molecule has 0 heterocycles. The van der Waals surface area contributed by atoms with Crippen LogP contribution in [0, 0.1) is 45.3 Å². The Hall–Kier alpha value is -3.25. The summed E-state index contributed by atoms with van der Waals surface area (Å²) in [6, 6.07) is 21.1. The van der Waals surface area contributed by atoms with Crippen LogP contribution < -0.4 is 0 Å². The van der Waals surface area contributed by atoms with Crippen LogP contribution in [-0.4, -0.2) is 0 Å². The summed E-state index contributed by atoms with van der Waals surface area (Å²) in [6.45, 7) is 0. The maximum absolute atomic E-state index is 8.45. The van der Waals surface area contributed by atoms with Gasteiger partial charge in [-0.2, -0.15) is 34.5 Å². The number of rotatable bonds is 0. The quantitative estimate of drug-likeness (QED) is 0.745. The van der Waals surface area contributed by atoms with Crippen LogP contribution >= 0.6 is 13.5 Å². The summed E-state index contributed by atoms with van der Waals surface area (Å²) >= 11 is 0. The minimum atomic E-state index is 0. The van der Waals surface area contributed by atoms with Gasteiger partial charge in [-0.15, -0.1) is 0 Å². The van der Waals surface area contributed by atoms with E-state index in [9.17, 15) is 0 Å². The molecule has 2 rings (SSSR count). The summed E-state index contributed by atoms with van der Waals surface area (Å²) in [7, 11) is 0. The van der Waals surface area contributed by atoms with Crippen molar-refractivity contribution < 1.29 is 0 Å². The molecule has 0 amide bonds. The van der Waals surface area contributed by atoms with Gasteiger partial charge in [0.2, 0.25) is 0 Å². The average Bonchev–Trinajstić information content (AvgIpc) is 2.55. The second-order valence-electron chi connectivity index (χ2n) is 3.54. The van der Waals surface area contributed by atoms with Gasteiger partial charge in [-0.3, -0.25) is 0 Å².